The third-order valence-electron chi connectivity index (χ3n) is 2.07. The molecule has 3 atom stereocenters. The Balaban J connectivity index is 2.37. The van der Waals surface area contributed by atoms with Crippen molar-refractivity contribution < 1.29 is 14.6 Å². The van der Waals surface area contributed by atoms with E-state index in [0.717, 1.165) is 12.8 Å². The molecule has 0 amide bonds. The number of aliphatic hydroxyl groups is 1. The average molecular weight is 160 g/mol. The normalized spacial score (nSPS) is 39.0. The van der Waals surface area contributed by atoms with Crippen molar-refractivity contribution in [3.63, 3.8) is 0 Å². The first-order valence-corrected chi connectivity index (χ1v) is 4.05. The molecule has 0 aromatic rings. The Labute approximate surface area is 67.3 Å². The van der Waals surface area contributed by atoms with Crippen molar-refractivity contribution in [2.45, 2.75) is 32.2 Å². The minimum atomic E-state index is -0.115. The number of hydrogen-bond donors (Lipinski definition) is 1. The van der Waals surface area contributed by atoms with Gasteiger partial charge in [0.25, 0.3) is 0 Å². The van der Waals surface area contributed by atoms with Crippen molar-refractivity contribution in [3.8, 4) is 0 Å². The third-order valence-corrected chi connectivity index (χ3v) is 2.07. The molecule has 1 saturated heterocycles. The standard InChI is InChI=1S/C8H16O3/c1-6-3-7(5-9)11-8(4-6)10-2/h6-9H,3-5H2,1-2H3. The second-order valence-corrected chi connectivity index (χ2v) is 3.18. The van der Waals surface area contributed by atoms with Gasteiger partial charge in [-0.05, 0) is 12.3 Å². The zero-order valence-corrected chi connectivity index (χ0v) is 7.12. The van der Waals surface area contributed by atoms with Crippen LogP contribution in [0.4, 0.5) is 0 Å². The fourth-order valence-corrected chi connectivity index (χ4v) is 1.47. The molecule has 0 spiro atoms. The van der Waals surface area contributed by atoms with E-state index in [-0.39, 0.29) is 19.0 Å². The lowest BCUT2D eigenvalue weighted by Crippen LogP contribution is -2.34. The van der Waals surface area contributed by atoms with Crippen LogP contribution in [0.3, 0.4) is 0 Å². The van der Waals surface area contributed by atoms with Gasteiger partial charge in [-0.25, -0.2) is 0 Å². The number of methoxy groups -OCH3 is 1. The predicted molar refractivity (Wildman–Crippen MR) is 41.2 cm³/mol. The van der Waals surface area contributed by atoms with E-state index in [1.807, 2.05) is 0 Å². The molecule has 1 aliphatic rings. The average Bonchev–Trinajstić information content (AvgIpc) is 2.03. The van der Waals surface area contributed by atoms with Gasteiger partial charge in [-0.2, -0.15) is 0 Å². The lowest BCUT2D eigenvalue weighted by molar-refractivity contribution is -0.199. The quantitative estimate of drug-likeness (QED) is 0.648. The van der Waals surface area contributed by atoms with E-state index in [0.29, 0.717) is 5.92 Å². The molecule has 0 radical (unpaired) electrons. The van der Waals surface area contributed by atoms with Crippen molar-refractivity contribution in [3.05, 3.63) is 0 Å². The van der Waals surface area contributed by atoms with E-state index >= 15 is 0 Å². The summed E-state index contributed by atoms with van der Waals surface area (Å²) in [7, 11) is 1.64. The minimum Gasteiger partial charge on any atom is -0.394 e. The molecule has 1 heterocycles. The molecule has 0 aromatic carbocycles. The van der Waals surface area contributed by atoms with Gasteiger partial charge < -0.3 is 14.6 Å². The van der Waals surface area contributed by atoms with Crippen LogP contribution < -0.4 is 0 Å². The Bertz CT molecular complexity index is 104. The Kier molecular flexibility index (Phi) is 3.30. The maximum atomic E-state index is 8.84. The molecular weight excluding hydrogens is 144 g/mol. The molecule has 0 bridgehead atoms. The van der Waals surface area contributed by atoms with Gasteiger partial charge in [0, 0.05) is 13.5 Å². The predicted octanol–water partition coefficient (Wildman–Crippen LogP) is 0.766. The summed E-state index contributed by atoms with van der Waals surface area (Å²) in [4.78, 5) is 0. The van der Waals surface area contributed by atoms with E-state index in [9.17, 15) is 0 Å². The van der Waals surface area contributed by atoms with Gasteiger partial charge in [-0.3, -0.25) is 0 Å². The minimum absolute atomic E-state index is 0.0244. The zero-order chi connectivity index (χ0) is 8.27. The first-order chi connectivity index (χ1) is 5.26. The molecule has 1 fully saturated rings. The topological polar surface area (TPSA) is 38.7 Å². The summed E-state index contributed by atoms with van der Waals surface area (Å²) in [5.74, 6) is 0.589. The van der Waals surface area contributed by atoms with Crippen LogP contribution in [0.25, 0.3) is 0 Å². The lowest BCUT2D eigenvalue weighted by Gasteiger charge is -2.31. The molecule has 66 valence electrons. The van der Waals surface area contributed by atoms with Crippen LogP contribution in [-0.4, -0.2) is 31.2 Å². The Morgan fingerprint density at radius 3 is 2.82 bits per heavy atom. The van der Waals surface area contributed by atoms with Gasteiger partial charge in [-0.15, -0.1) is 0 Å². The van der Waals surface area contributed by atoms with Gasteiger partial charge >= 0.3 is 0 Å². The maximum absolute atomic E-state index is 8.84. The van der Waals surface area contributed by atoms with Crippen LogP contribution in [0.5, 0.6) is 0 Å². The molecule has 3 heteroatoms. The van der Waals surface area contributed by atoms with Crippen molar-refractivity contribution >= 4 is 0 Å². The monoisotopic (exact) mass is 160 g/mol. The Morgan fingerprint density at radius 1 is 1.55 bits per heavy atom. The van der Waals surface area contributed by atoms with E-state index in [1.54, 1.807) is 7.11 Å². The second-order valence-electron chi connectivity index (χ2n) is 3.18. The number of hydrogen-bond acceptors (Lipinski definition) is 3. The SMILES string of the molecule is COC1CC(C)CC(CO)O1. The number of rotatable bonds is 2. The highest BCUT2D eigenvalue weighted by atomic mass is 16.7. The zero-order valence-electron chi connectivity index (χ0n) is 7.12. The van der Waals surface area contributed by atoms with Gasteiger partial charge in [0.05, 0.1) is 12.7 Å². The highest BCUT2D eigenvalue weighted by Gasteiger charge is 2.25. The molecule has 0 saturated carbocycles. The molecule has 1 aliphatic heterocycles. The molecule has 1 rings (SSSR count). The molecule has 3 nitrogen and oxygen atoms in total. The van der Waals surface area contributed by atoms with Gasteiger partial charge in [0.2, 0.25) is 0 Å². The highest BCUT2D eigenvalue weighted by molar-refractivity contribution is 4.70. The van der Waals surface area contributed by atoms with Crippen LogP contribution in [0.1, 0.15) is 19.8 Å². The summed E-state index contributed by atoms with van der Waals surface area (Å²) < 4.78 is 10.4. The van der Waals surface area contributed by atoms with Crippen LogP contribution in [0, 0.1) is 5.92 Å². The summed E-state index contributed by atoms with van der Waals surface area (Å²) in [6, 6.07) is 0. The molecule has 11 heavy (non-hydrogen) atoms. The summed E-state index contributed by atoms with van der Waals surface area (Å²) >= 11 is 0. The molecule has 0 aromatic heterocycles. The van der Waals surface area contributed by atoms with Gasteiger partial charge in [0.1, 0.15) is 0 Å². The molecular formula is C8H16O3. The number of aliphatic hydroxyl groups excluding tert-OH is 1. The van der Waals surface area contributed by atoms with Gasteiger partial charge in [-0.1, -0.05) is 6.92 Å². The van der Waals surface area contributed by atoms with E-state index < -0.39 is 0 Å². The van der Waals surface area contributed by atoms with E-state index in [2.05, 4.69) is 6.92 Å². The highest BCUT2D eigenvalue weighted by Crippen LogP contribution is 2.24. The largest absolute Gasteiger partial charge is 0.394 e. The second kappa shape index (κ2) is 4.04. The molecule has 3 unspecified atom stereocenters. The van der Waals surface area contributed by atoms with Gasteiger partial charge in [0.15, 0.2) is 6.29 Å². The lowest BCUT2D eigenvalue weighted by atomic mass is 9.97. The van der Waals surface area contributed by atoms with Crippen LogP contribution >= 0.6 is 0 Å². The van der Waals surface area contributed by atoms with Crippen molar-refractivity contribution in [1.29, 1.82) is 0 Å². The smallest absolute Gasteiger partial charge is 0.157 e. The first kappa shape index (κ1) is 8.97. The number of ether oxygens (including phenoxy) is 2. The van der Waals surface area contributed by atoms with Crippen LogP contribution in [0.15, 0.2) is 0 Å². The Hall–Kier alpha value is -0.120. The Morgan fingerprint density at radius 2 is 2.27 bits per heavy atom. The van der Waals surface area contributed by atoms with Crippen molar-refractivity contribution in [1.82, 2.24) is 0 Å². The summed E-state index contributed by atoms with van der Waals surface area (Å²) in [6.07, 6.45) is 1.74. The fraction of sp³-hybridized carbons (Fsp3) is 1.00. The van der Waals surface area contributed by atoms with Crippen molar-refractivity contribution in [2.75, 3.05) is 13.7 Å². The first-order valence-electron chi connectivity index (χ1n) is 4.05. The summed E-state index contributed by atoms with van der Waals surface area (Å²) in [5, 5.41) is 8.84. The van der Waals surface area contributed by atoms with Crippen LogP contribution in [0.2, 0.25) is 0 Å². The molecule has 0 aliphatic carbocycles. The fourth-order valence-electron chi connectivity index (χ4n) is 1.47. The van der Waals surface area contributed by atoms with Crippen molar-refractivity contribution in [2.24, 2.45) is 5.92 Å². The maximum Gasteiger partial charge on any atom is 0.157 e. The van der Waals surface area contributed by atoms with E-state index in [4.69, 9.17) is 14.6 Å². The summed E-state index contributed by atoms with van der Waals surface area (Å²) in [5.41, 5.74) is 0. The summed E-state index contributed by atoms with van der Waals surface area (Å²) in [6.45, 7) is 2.25. The van der Waals surface area contributed by atoms with E-state index in [1.165, 1.54) is 0 Å². The van der Waals surface area contributed by atoms with Crippen LogP contribution in [-0.2, 0) is 9.47 Å². The molecule has 1 N–H and O–H groups in total. The third kappa shape index (κ3) is 2.43.